The highest BCUT2D eigenvalue weighted by atomic mass is 32.2. The van der Waals surface area contributed by atoms with Crippen LogP contribution in [0.1, 0.15) is 52.2 Å². The molecule has 0 aliphatic heterocycles. The van der Waals surface area contributed by atoms with E-state index in [9.17, 15) is 18.0 Å². The molecule has 2 aromatic carbocycles. The number of amides is 2. The van der Waals surface area contributed by atoms with Crippen molar-refractivity contribution in [3.63, 3.8) is 0 Å². The van der Waals surface area contributed by atoms with Gasteiger partial charge in [-0.1, -0.05) is 52.0 Å². The Labute approximate surface area is 215 Å². The Morgan fingerprint density at radius 2 is 1.61 bits per heavy atom. The number of sulfonamides is 1. The van der Waals surface area contributed by atoms with Crippen LogP contribution in [0.2, 0.25) is 0 Å². The predicted molar refractivity (Wildman–Crippen MR) is 144 cm³/mol. The van der Waals surface area contributed by atoms with E-state index in [0.29, 0.717) is 18.0 Å². The number of rotatable bonds is 11. The highest BCUT2D eigenvalue weighted by Gasteiger charge is 2.30. The summed E-state index contributed by atoms with van der Waals surface area (Å²) >= 11 is 0. The maximum atomic E-state index is 13.6. The Kier molecular flexibility index (Phi) is 9.93. The molecule has 198 valence electrons. The van der Waals surface area contributed by atoms with Crippen LogP contribution in [0.3, 0.4) is 0 Å². The van der Waals surface area contributed by atoms with Crippen LogP contribution in [0.4, 0.5) is 5.69 Å². The van der Waals surface area contributed by atoms with Gasteiger partial charge >= 0.3 is 0 Å². The fourth-order valence-corrected chi connectivity index (χ4v) is 4.50. The summed E-state index contributed by atoms with van der Waals surface area (Å²) in [6.45, 7) is 10.0. The van der Waals surface area contributed by atoms with Crippen LogP contribution in [-0.2, 0) is 31.6 Å². The molecule has 0 aliphatic carbocycles. The summed E-state index contributed by atoms with van der Waals surface area (Å²) in [5.74, 6) is -0.0956. The van der Waals surface area contributed by atoms with Crippen molar-refractivity contribution < 1.29 is 22.7 Å². The van der Waals surface area contributed by atoms with Crippen LogP contribution in [0.15, 0.2) is 48.5 Å². The quantitative estimate of drug-likeness (QED) is 0.490. The number of nitrogens with zero attached hydrogens (tertiary/aromatic N) is 2. The van der Waals surface area contributed by atoms with Gasteiger partial charge in [-0.2, -0.15) is 0 Å². The third kappa shape index (κ3) is 7.98. The molecule has 2 amide bonds. The van der Waals surface area contributed by atoms with Crippen molar-refractivity contribution in [2.24, 2.45) is 0 Å². The van der Waals surface area contributed by atoms with Gasteiger partial charge in [-0.3, -0.25) is 13.9 Å². The van der Waals surface area contributed by atoms with Crippen LogP contribution >= 0.6 is 0 Å². The number of carbonyl (C=O) groups is 2. The normalized spacial score (nSPS) is 12.5. The Hall–Kier alpha value is -3.07. The molecule has 0 saturated heterocycles. The van der Waals surface area contributed by atoms with Crippen molar-refractivity contribution in [1.82, 2.24) is 10.2 Å². The van der Waals surface area contributed by atoms with E-state index in [2.05, 4.69) is 26.1 Å². The van der Waals surface area contributed by atoms with E-state index in [-0.39, 0.29) is 17.9 Å². The van der Waals surface area contributed by atoms with Gasteiger partial charge < -0.3 is 15.0 Å². The van der Waals surface area contributed by atoms with Crippen molar-refractivity contribution in [1.29, 1.82) is 0 Å². The number of hydrogen-bond acceptors (Lipinski definition) is 5. The first-order chi connectivity index (χ1) is 16.8. The topological polar surface area (TPSA) is 96.0 Å². The molecule has 9 heteroatoms. The highest BCUT2D eigenvalue weighted by molar-refractivity contribution is 7.92. The highest BCUT2D eigenvalue weighted by Crippen LogP contribution is 2.26. The van der Waals surface area contributed by atoms with Gasteiger partial charge in [0.2, 0.25) is 21.8 Å². The zero-order valence-corrected chi connectivity index (χ0v) is 23.2. The molecule has 0 bridgehead atoms. The fraction of sp³-hybridized carbons (Fsp3) is 0.481. The Bertz CT molecular complexity index is 1120. The van der Waals surface area contributed by atoms with Gasteiger partial charge in [0.25, 0.3) is 0 Å². The molecule has 0 fully saturated rings. The second-order valence-corrected chi connectivity index (χ2v) is 11.8. The van der Waals surface area contributed by atoms with E-state index < -0.39 is 28.5 Å². The van der Waals surface area contributed by atoms with E-state index in [4.69, 9.17) is 4.74 Å². The number of benzene rings is 2. The molecule has 2 aromatic rings. The minimum Gasteiger partial charge on any atom is -0.497 e. The molecule has 1 atom stereocenters. The van der Waals surface area contributed by atoms with Crippen molar-refractivity contribution in [3.8, 4) is 5.75 Å². The van der Waals surface area contributed by atoms with Gasteiger partial charge in [-0.05, 0) is 54.2 Å². The lowest BCUT2D eigenvalue weighted by Crippen LogP contribution is -2.51. The molecule has 0 spiro atoms. The van der Waals surface area contributed by atoms with Crippen LogP contribution in [-0.4, -0.2) is 57.6 Å². The Morgan fingerprint density at radius 1 is 1.03 bits per heavy atom. The average Bonchev–Trinajstić information content (AvgIpc) is 2.83. The molecule has 36 heavy (non-hydrogen) atoms. The number of carbonyl (C=O) groups excluding carboxylic acids is 2. The van der Waals surface area contributed by atoms with Gasteiger partial charge in [0.1, 0.15) is 18.3 Å². The largest absolute Gasteiger partial charge is 0.497 e. The number of anilines is 1. The van der Waals surface area contributed by atoms with Crippen LogP contribution in [0.25, 0.3) is 0 Å². The minimum atomic E-state index is -3.77. The predicted octanol–water partition coefficient (Wildman–Crippen LogP) is 3.70. The number of hydrogen-bond donors (Lipinski definition) is 1. The SMILES string of the molecule is CCCNC(=O)[C@@H](C)N(Cc1ccc(OC)cc1)C(=O)CN(c1ccc(C(C)(C)C)cc1)S(C)(=O)=O. The molecule has 1 N–H and O–H groups in total. The standard InChI is InChI=1S/C27H39N3O5S/c1-8-17-28-26(32)20(2)29(18-21-9-15-24(35-6)16-10-21)25(31)19-30(36(7,33)34)23-13-11-22(12-14-23)27(3,4)5/h9-16,20H,8,17-19H2,1-7H3,(H,28,32)/t20-/m1/s1. The number of ether oxygens (including phenoxy) is 1. The molecule has 0 unspecified atom stereocenters. The second-order valence-electron chi connectivity index (χ2n) is 9.90. The van der Waals surface area contributed by atoms with E-state index in [1.165, 1.54) is 4.90 Å². The maximum Gasteiger partial charge on any atom is 0.244 e. The van der Waals surface area contributed by atoms with Crippen molar-refractivity contribution in [2.45, 2.75) is 59.0 Å². The Balaban J connectivity index is 2.37. The summed E-state index contributed by atoms with van der Waals surface area (Å²) in [6.07, 6.45) is 1.83. The van der Waals surface area contributed by atoms with Crippen LogP contribution in [0.5, 0.6) is 5.75 Å². The summed E-state index contributed by atoms with van der Waals surface area (Å²) in [5.41, 5.74) is 2.14. The second kappa shape index (κ2) is 12.3. The molecule has 0 aliphatic rings. The molecule has 8 nitrogen and oxygen atoms in total. The van der Waals surface area contributed by atoms with Crippen LogP contribution < -0.4 is 14.4 Å². The third-order valence-electron chi connectivity index (χ3n) is 5.93. The minimum absolute atomic E-state index is 0.0965. The Morgan fingerprint density at radius 3 is 2.08 bits per heavy atom. The molecule has 0 heterocycles. The smallest absolute Gasteiger partial charge is 0.244 e. The zero-order chi connectivity index (χ0) is 27.1. The molecule has 2 rings (SSSR count). The van der Waals surface area contributed by atoms with Gasteiger partial charge in [-0.15, -0.1) is 0 Å². The number of nitrogens with one attached hydrogen (secondary N) is 1. The summed E-state index contributed by atoms with van der Waals surface area (Å²) in [7, 11) is -2.20. The lowest BCUT2D eigenvalue weighted by Gasteiger charge is -2.31. The van der Waals surface area contributed by atoms with E-state index in [0.717, 1.165) is 28.1 Å². The lowest BCUT2D eigenvalue weighted by molar-refractivity contribution is -0.139. The fourth-order valence-electron chi connectivity index (χ4n) is 3.65. The van der Waals surface area contributed by atoms with Gasteiger partial charge in [-0.25, -0.2) is 8.42 Å². The van der Waals surface area contributed by atoms with Crippen LogP contribution in [0, 0.1) is 0 Å². The van der Waals surface area contributed by atoms with E-state index >= 15 is 0 Å². The monoisotopic (exact) mass is 517 g/mol. The molecule has 0 radical (unpaired) electrons. The van der Waals surface area contributed by atoms with E-state index in [1.54, 1.807) is 38.3 Å². The average molecular weight is 518 g/mol. The van der Waals surface area contributed by atoms with Crippen molar-refractivity contribution in [2.75, 3.05) is 30.8 Å². The maximum absolute atomic E-state index is 13.6. The third-order valence-corrected chi connectivity index (χ3v) is 7.07. The zero-order valence-electron chi connectivity index (χ0n) is 22.4. The molecule has 0 saturated carbocycles. The van der Waals surface area contributed by atoms with Gasteiger partial charge in [0, 0.05) is 13.1 Å². The number of methoxy groups -OCH3 is 1. The van der Waals surface area contributed by atoms with E-state index in [1.807, 2.05) is 31.2 Å². The van der Waals surface area contributed by atoms with Gasteiger partial charge in [0.15, 0.2) is 0 Å². The summed E-state index contributed by atoms with van der Waals surface area (Å²) in [4.78, 5) is 27.7. The van der Waals surface area contributed by atoms with Gasteiger partial charge in [0.05, 0.1) is 19.1 Å². The first-order valence-corrected chi connectivity index (χ1v) is 13.9. The molecular formula is C27H39N3O5S. The van der Waals surface area contributed by atoms with Crippen molar-refractivity contribution >= 4 is 27.5 Å². The molecule has 0 aromatic heterocycles. The lowest BCUT2D eigenvalue weighted by atomic mass is 9.87. The first-order valence-electron chi connectivity index (χ1n) is 12.1. The summed E-state index contributed by atoms with van der Waals surface area (Å²) in [5, 5.41) is 2.82. The molecular weight excluding hydrogens is 478 g/mol. The van der Waals surface area contributed by atoms with Crippen molar-refractivity contribution in [3.05, 3.63) is 59.7 Å². The summed E-state index contributed by atoms with van der Waals surface area (Å²) < 4.78 is 31.7. The summed E-state index contributed by atoms with van der Waals surface area (Å²) in [6, 6.07) is 13.5. The first kappa shape index (κ1) is 29.2.